The van der Waals surface area contributed by atoms with Crippen molar-refractivity contribution in [3.05, 3.63) is 16.1 Å². The van der Waals surface area contributed by atoms with Crippen LogP contribution in [0, 0.1) is 6.92 Å². The molecule has 3 heterocycles. The Labute approximate surface area is 169 Å². The van der Waals surface area contributed by atoms with E-state index in [1.165, 1.54) is 0 Å². The van der Waals surface area contributed by atoms with E-state index in [0.717, 1.165) is 30.0 Å². The standard InChI is InChI=1S/C19H28N4O4S/c1-14-13-28-16(21-14)6-7-20-19(26)15-11-23(9-10-27-15)18(25)12-22-8-4-2-3-5-17(22)24/h13,15H,2-12H2,1H3,(H,20,26). The first-order valence-corrected chi connectivity index (χ1v) is 10.8. The van der Waals surface area contributed by atoms with Gasteiger partial charge in [-0.2, -0.15) is 0 Å². The monoisotopic (exact) mass is 408 g/mol. The van der Waals surface area contributed by atoms with Gasteiger partial charge in [0.15, 0.2) is 6.10 Å². The molecule has 1 N–H and O–H groups in total. The molecule has 1 unspecified atom stereocenters. The fourth-order valence-electron chi connectivity index (χ4n) is 3.43. The fourth-order valence-corrected chi connectivity index (χ4v) is 4.20. The van der Waals surface area contributed by atoms with Crippen LogP contribution in [0.25, 0.3) is 0 Å². The number of hydrogen-bond acceptors (Lipinski definition) is 6. The summed E-state index contributed by atoms with van der Waals surface area (Å²) >= 11 is 1.58. The Morgan fingerprint density at radius 2 is 2.18 bits per heavy atom. The molecule has 1 aromatic rings. The molecule has 0 aromatic carbocycles. The summed E-state index contributed by atoms with van der Waals surface area (Å²) in [5.74, 6) is -0.280. The molecule has 2 aliphatic heterocycles. The van der Waals surface area contributed by atoms with Crippen molar-refractivity contribution in [3.63, 3.8) is 0 Å². The van der Waals surface area contributed by atoms with E-state index in [2.05, 4.69) is 10.3 Å². The average molecular weight is 409 g/mol. The van der Waals surface area contributed by atoms with Crippen molar-refractivity contribution in [3.8, 4) is 0 Å². The van der Waals surface area contributed by atoms with Crippen LogP contribution < -0.4 is 5.32 Å². The number of likely N-dealkylation sites (tertiary alicyclic amines) is 1. The van der Waals surface area contributed by atoms with E-state index in [1.54, 1.807) is 21.1 Å². The molecule has 8 nitrogen and oxygen atoms in total. The molecule has 0 bridgehead atoms. The largest absolute Gasteiger partial charge is 0.365 e. The van der Waals surface area contributed by atoms with Gasteiger partial charge in [-0.1, -0.05) is 6.42 Å². The van der Waals surface area contributed by atoms with Gasteiger partial charge >= 0.3 is 0 Å². The number of rotatable bonds is 6. The number of amides is 3. The molecule has 3 amide bonds. The topological polar surface area (TPSA) is 91.8 Å². The summed E-state index contributed by atoms with van der Waals surface area (Å²) in [5, 5.41) is 5.84. The molecular weight excluding hydrogens is 380 g/mol. The zero-order chi connectivity index (χ0) is 19.9. The molecule has 0 saturated carbocycles. The number of aryl methyl sites for hydroxylation is 1. The van der Waals surface area contributed by atoms with E-state index in [-0.39, 0.29) is 30.8 Å². The lowest BCUT2D eigenvalue weighted by Gasteiger charge is -2.33. The van der Waals surface area contributed by atoms with Crippen molar-refractivity contribution in [1.29, 1.82) is 0 Å². The van der Waals surface area contributed by atoms with Gasteiger partial charge in [0.25, 0.3) is 5.91 Å². The minimum Gasteiger partial charge on any atom is -0.365 e. The second-order valence-corrected chi connectivity index (χ2v) is 8.19. The molecule has 2 saturated heterocycles. The molecule has 1 atom stereocenters. The van der Waals surface area contributed by atoms with Gasteiger partial charge in [0.05, 0.1) is 24.7 Å². The molecule has 9 heteroatoms. The van der Waals surface area contributed by atoms with Gasteiger partial charge in [-0.25, -0.2) is 4.98 Å². The Balaban J connectivity index is 1.45. The van der Waals surface area contributed by atoms with Gasteiger partial charge in [0, 0.05) is 43.5 Å². The van der Waals surface area contributed by atoms with E-state index in [0.29, 0.717) is 39.1 Å². The molecular formula is C19H28N4O4S. The summed E-state index contributed by atoms with van der Waals surface area (Å²) in [5.41, 5.74) is 0.985. The van der Waals surface area contributed by atoms with E-state index in [1.807, 2.05) is 12.3 Å². The van der Waals surface area contributed by atoms with Crippen LogP contribution in [0.4, 0.5) is 0 Å². The Bertz CT molecular complexity index is 708. The van der Waals surface area contributed by atoms with Crippen LogP contribution >= 0.6 is 11.3 Å². The van der Waals surface area contributed by atoms with Gasteiger partial charge in [0.2, 0.25) is 11.8 Å². The van der Waals surface area contributed by atoms with Crippen molar-refractivity contribution in [2.24, 2.45) is 0 Å². The predicted molar refractivity (Wildman–Crippen MR) is 105 cm³/mol. The maximum atomic E-state index is 12.6. The van der Waals surface area contributed by atoms with Crippen molar-refractivity contribution in [2.45, 2.75) is 45.1 Å². The number of carbonyl (C=O) groups is 3. The number of carbonyl (C=O) groups excluding carboxylic acids is 3. The number of nitrogens with one attached hydrogen (secondary N) is 1. The molecule has 2 fully saturated rings. The number of aromatic nitrogens is 1. The smallest absolute Gasteiger partial charge is 0.251 e. The van der Waals surface area contributed by atoms with Crippen molar-refractivity contribution in [2.75, 3.05) is 39.3 Å². The van der Waals surface area contributed by atoms with Crippen molar-refractivity contribution < 1.29 is 19.1 Å². The lowest BCUT2D eigenvalue weighted by atomic mass is 10.2. The summed E-state index contributed by atoms with van der Waals surface area (Å²) < 4.78 is 5.56. The number of ether oxygens (including phenoxy) is 1. The lowest BCUT2D eigenvalue weighted by molar-refractivity contribution is -0.150. The molecule has 0 aliphatic carbocycles. The zero-order valence-corrected chi connectivity index (χ0v) is 17.1. The van der Waals surface area contributed by atoms with Crippen molar-refractivity contribution in [1.82, 2.24) is 20.1 Å². The van der Waals surface area contributed by atoms with Gasteiger partial charge in [0.1, 0.15) is 0 Å². The van der Waals surface area contributed by atoms with Gasteiger partial charge < -0.3 is 19.9 Å². The second-order valence-electron chi connectivity index (χ2n) is 7.25. The van der Waals surface area contributed by atoms with Crippen molar-refractivity contribution >= 4 is 29.1 Å². The van der Waals surface area contributed by atoms with E-state index >= 15 is 0 Å². The Hall–Kier alpha value is -2.00. The highest BCUT2D eigenvalue weighted by molar-refractivity contribution is 7.09. The highest BCUT2D eigenvalue weighted by atomic mass is 32.1. The Morgan fingerprint density at radius 1 is 1.32 bits per heavy atom. The maximum Gasteiger partial charge on any atom is 0.251 e. The molecule has 154 valence electrons. The summed E-state index contributed by atoms with van der Waals surface area (Å²) in [6, 6.07) is 0. The molecule has 1 aromatic heterocycles. The van der Waals surface area contributed by atoms with E-state index in [9.17, 15) is 14.4 Å². The number of nitrogens with zero attached hydrogens (tertiary/aromatic N) is 3. The third-order valence-corrected chi connectivity index (χ3v) is 6.04. The van der Waals surface area contributed by atoms with Gasteiger partial charge in [-0.05, 0) is 19.8 Å². The third-order valence-electron chi connectivity index (χ3n) is 5.01. The minimum atomic E-state index is -0.671. The number of hydrogen-bond donors (Lipinski definition) is 1. The highest BCUT2D eigenvalue weighted by Crippen LogP contribution is 2.13. The fraction of sp³-hybridized carbons (Fsp3) is 0.684. The normalized spacial score (nSPS) is 20.8. The quantitative estimate of drug-likeness (QED) is 0.750. The first-order chi connectivity index (χ1) is 13.5. The van der Waals surface area contributed by atoms with E-state index in [4.69, 9.17) is 4.74 Å². The van der Waals surface area contributed by atoms with Crippen LogP contribution in [0.2, 0.25) is 0 Å². The van der Waals surface area contributed by atoms with Crippen LogP contribution in [-0.2, 0) is 25.5 Å². The van der Waals surface area contributed by atoms with E-state index < -0.39 is 6.10 Å². The minimum absolute atomic E-state index is 0.0471. The summed E-state index contributed by atoms with van der Waals surface area (Å²) in [7, 11) is 0. The lowest BCUT2D eigenvalue weighted by Crippen LogP contribution is -2.54. The SMILES string of the molecule is Cc1csc(CCNC(=O)C2CN(C(=O)CN3CCCCCC3=O)CCO2)n1. The van der Waals surface area contributed by atoms with Crippen LogP contribution in [0.1, 0.15) is 36.4 Å². The molecule has 0 radical (unpaired) electrons. The van der Waals surface area contributed by atoms with Gasteiger partial charge in [-0.15, -0.1) is 11.3 Å². The second kappa shape index (κ2) is 9.97. The average Bonchev–Trinajstić information content (AvgIpc) is 3.00. The van der Waals surface area contributed by atoms with Crippen LogP contribution in [0.15, 0.2) is 5.38 Å². The van der Waals surface area contributed by atoms with Crippen LogP contribution in [-0.4, -0.2) is 77.9 Å². The number of thiazole rings is 1. The van der Waals surface area contributed by atoms with Crippen LogP contribution in [0.5, 0.6) is 0 Å². The summed E-state index contributed by atoms with van der Waals surface area (Å²) in [6.07, 6.45) is 3.37. The molecule has 28 heavy (non-hydrogen) atoms. The maximum absolute atomic E-state index is 12.6. The number of morpholine rings is 1. The third kappa shape index (κ3) is 5.75. The Kier molecular flexibility index (Phi) is 7.38. The summed E-state index contributed by atoms with van der Waals surface area (Å²) in [4.78, 5) is 44.8. The molecule has 0 spiro atoms. The highest BCUT2D eigenvalue weighted by Gasteiger charge is 2.30. The summed E-state index contributed by atoms with van der Waals surface area (Å²) in [6.45, 7) is 4.16. The molecule has 2 aliphatic rings. The molecule has 3 rings (SSSR count). The Morgan fingerprint density at radius 3 is 2.96 bits per heavy atom. The zero-order valence-electron chi connectivity index (χ0n) is 16.3. The van der Waals surface area contributed by atoms with Crippen LogP contribution in [0.3, 0.4) is 0 Å². The first-order valence-electron chi connectivity index (χ1n) is 9.89. The van der Waals surface area contributed by atoms with Gasteiger partial charge in [-0.3, -0.25) is 14.4 Å². The predicted octanol–water partition coefficient (Wildman–Crippen LogP) is 0.740. The first kappa shape index (κ1) is 20.7.